The normalized spacial score (nSPS) is 39.6. The summed E-state index contributed by atoms with van der Waals surface area (Å²) in [5, 5.41) is 0. The van der Waals surface area contributed by atoms with Crippen LogP contribution in [0, 0.1) is 23.2 Å². The van der Waals surface area contributed by atoms with Gasteiger partial charge in [-0.25, -0.2) is 0 Å². The number of likely N-dealkylation sites (N-methyl/N-ethyl adjacent to an activating group) is 1. The first-order valence-electron chi connectivity index (χ1n) is 7.93. The van der Waals surface area contributed by atoms with Crippen molar-refractivity contribution < 1.29 is 4.79 Å². The summed E-state index contributed by atoms with van der Waals surface area (Å²) in [4.78, 5) is 14.7. The lowest BCUT2D eigenvalue weighted by atomic mass is 9.49. The maximum Gasteiger partial charge on any atom is 0.223 e. The fraction of sp³-hybridized carbons (Fsp3) is 0.875. The van der Waals surface area contributed by atoms with Gasteiger partial charge in [0.25, 0.3) is 0 Å². The summed E-state index contributed by atoms with van der Waals surface area (Å²) in [6.45, 7) is 1.92. The lowest BCUT2D eigenvalue weighted by molar-refractivity contribution is -0.138. The molecule has 3 nitrogen and oxygen atoms in total. The molecule has 4 fully saturated rings. The third kappa shape index (κ3) is 2.47. The van der Waals surface area contributed by atoms with Crippen LogP contribution in [0.2, 0.25) is 0 Å². The van der Waals surface area contributed by atoms with Gasteiger partial charge in [0.05, 0.1) is 11.0 Å². The van der Waals surface area contributed by atoms with E-state index in [1.54, 1.807) is 4.90 Å². The van der Waals surface area contributed by atoms with Crippen molar-refractivity contribution in [3.8, 4) is 0 Å². The molecular formula is C16H26N2OS. The number of nitrogens with two attached hydrogens (primary N) is 1. The molecule has 0 aromatic rings. The van der Waals surface area contributed by atoms with Gasteiger partial charge in [0.15, 0.2) is 0 Å². The fourth-order valence-electron chi connectivity index (χ4n) is 5.36. The first-order valence-corrected chi connectivity index (χ1v) is 8.34. The molecule has 0 aromatic heterocycles. The molecule has 0 radical (unpaired) electrons. The van der Waals surface area contributed by atoms with E-state index in [9.17, 15) is 4.79 Å². The van der Waals surface area contributed by atoms with E-state index in [0.717, 1.165) is 17.8 Å². The Balaban J connectivity index is 1.68. The van der Waals surface area contributed by atoms with Crippen LogP contribution in [-0.4, -0.2) is 28.9 Å². The average molecular weight is 294 g/mol. The monoisotopic (exact) mass is 294 g/mol. The predicted octanol–water partition coefficient (Wildman–Crippen LogP) is 2.73. The van der Waals surface area contributed by atoms with Crippen LogP contribution >= 0.6 is 12.2 Å². The molecule has 0 aliphatic heterocycles. The fourth-order valence-corrected chi connectivity index (χ4v) is 5.52. The molecule has 1 atom stereocenters. The third-order valence-electron chi connectivity index (χ3n) is 6.08. The molecule has 1 amide bonds. The summed E-state index contributed by atoms with van der Waals surface area (Å²) in [5.41, 5.74) is 5.97. The maximum absolute atomic E-state index is 12.6. The maximum atomic E-state index is 12.6. The zero-order chi connectivity index (χ0) is 14.5. The first-order chi connectivity index (χ1) is 9.38. The molecule has 4 heteroatoms. The second kappa shape index (κ2) is 4.97. The second-order valence-corrected chi connectivity index (χ2v) is 8.15. The summed E-state index contributed by atoms with van der Waals surface area (Å²) in [6.07, 6.45) is 8.81. The highest BCUT2D eigenvalue weighted by Crippen LogP contribution is 2.61. The number of thiocarbonyl (C=S) groups is 1. The number of carbonyl (C=O) groups is 1. The van der Waals surface area contributed by atoms with Crippen LogP contribution in [0.15, 0.2) is 0 Å². The molecule has 112 valence electrons. The SMILES string of the molecule is CC(C(N)=S)N(C)C(=O)CC12CC3CC(CC(C3)C1)C2. The average Bonchev–Trinajstić information content (AvgIpc) is 2.34. The van der Waals surface area contributed by atoms with E-state index < -0.39 is 0 Å². The smallest absolute Gasteiger partial charge is 0.223 e. The Hall–Kier alpha value is -0.640. The van der Waals surface area contributed by atoms with Crippen LogP contribution < -0.4 is 5.73 Å². The van der Waals surface area contributed by atoms with E-state index in [4.69, 9.17) is 18.0 Å². The number of carbonyl (C=O) groups excluding carboxylic acids is 1. The van der Waals surface area contributed by atoms with Crippen molar-refractivity contribution in [2.45, 2.75) is 57.9 Å². The topological polar surface area (TPSA) is 46.3 Å². The van der Waals surface area contributed by atoms with E-state index in [2.05, 4.69) is 0 Å². The van der Waals surface area contributed by atoms with Crippen LogP contribution in [0.1, 0.15) is 51.9 Å². The van der Waals surface area contributed by atoms with E-state index in [1.165, 1.54) is 38.5 Å². The molecule has 2 N–H and O–H groups in total. The van der Waals surface area contributed by atoms with Crippen LogP contribution in [0.5, 0.6) is 0 Å². The second-order valence-electron chi connectivity index (χ2n) is 7.68. The van der Waals surface area contributed by atoms with Crippen molar-refractivity contribution in [2.75, 3.05) is 7.05 Å². The first kappa shape index (κ1) is 14.3. The van der Waals surface area contributed by atoms with Gasteiger partial charge in [0, 0.05) is 13.5 Å². The van der Waals surface area contributed by atoms with E-state index >= 15 is 0 Å². The zero-order valence-electron chi connectivity index (χ0n) is 12.6. The van der Waals surface area contributed by atoms with E-state index in [-0.39, 0.29) is 11.9 Å². The van der Waals surface area contributed by atoms with Gasteiger partial charge in [0.1, 0.15) is 0 Å². The number of hydrogen-bond donors (Lipinski definition) is 1. The molecule has 1 unspecified atom stereocenters. The van der Waals surface area contributed by atoms with Crippen LogP contribution in [0.3, 0.4) is 0 Å². The van der Waals surface area contributed by atoms with Gasteiger partial charge in [0.2, 0.25) is 5.91 Å². The highest BCUT2D eigenvalue weighted by atomic mass is 32.1. The largest absolute Gasteiger partial charge is 0.392 e. The number of hydrogen-bond acceptors (Lipinski definition) is 2. The minimum Gasteiger partial charge on any atom is -0.392 e. The zero-order valence-corrected chi connectivity index (χ0v) is 13.4. The Morgan fingerprint density at radius 1 is 1.25 bits per heavy atom. The molecule has 4 rings (SSSR count). The Bertz CT molecular complexity index is 399. The van der Waals surface area contributed by atoms with Crippen LogP contribution in [-0.2, 0) is 4.79 Å². The highest BCUT2D eigenvalue weighted by Gasteiger charge is 2.51. The molecule has 0 spiro atoms. The van der Waals surface area contributed by atoms with Crippen molar-refractivity contribution in [2.24, 2.45) is 28.9 Å². The number of nitrogens with zero attached hydrogens (tertiary/aromatic N) is 1. The summed E-state index contributed by atoms with van der Waals surface area (Å²) in [6, 6.07) is -0.133. The Kier molecular flexibility index (Phi) is 3.56. The lowest BCUT2D eigenvalue weighted by Crippen LogP contribution is -2.50. The molecule has 4 aliphatic carbocycles. The molecule has 0 heterocycles. The van der Waals surface area contributed by atoms with Gasteiger partial charge >= 0.3 is 0 Å². The Morgan fingerprint density at radius 3 is 2.10 bits per heavy atom. The van der Waals surface area contributed by atoms with Gasteiger partial charge in [-0.2, -0.15) is 0 Å². The summed E-state index contributed by atoms with van der Waals surface area (Å²) in [5.74, 6) is 2.92. The van der Waals surface area contributed by atoms with Crippen LogP contribution in [0.25, 0.3) is 0 Å². The number of rotatable bonds is 4. The van der Waals surface area contributed by atoms with Crippen molar-refractivity contribution in [1.29, 1.82) is 0 Å². The van der Waals surface area contributed by atoms with E-state index in [0.29, 0.717) is 16.8 Å². The summed E-state index contributed by atoms with van der Waals surface area (Å²) >= 11 is 5.01. The van der Waals surface area contributed by atoms with Crippen molar-refractivity contribution >= 4 is 23.1 Å². The minimum atomic E-state index is -0.133. The summed E-state index contributed by atoms with van der Waals surface area (Å²) < 4.78 is 0. The summed E-state index contributed by atoms with van der Waals surface area (Å²) in [7, 11) is 1.84. The van der Waals surface area contributed by atoms with Gasteiger partial charge < -0.3 is 10.6 Å². The molecule has 4 saturated carbocycles. The van der Waals surface area contributed by atoms with E-state index in [1.807, 2.05) is 14.0 Å². The predicted molar refractivity (Wildman–Crippen MR) is 84.2 cm³/mol. The quantitative estimate of drug-likeness (QED) is 0.811. The molecule has 20 heavy (non-hydrogen) atoms. The highest BCUT2D eigenvalue weighted by molar-refractivity contribution is 7.80. The van der Waals surface area contributed by atoms with Gasteiger partial charge in [-0.1, -0.05) is 12.2 Å². The molecule has 0 aromatic carbocycles. The van der Waals surface area contributed by atoms with Crippen molar-refractivity contribution in [3.63, 3.8) is 0 Å². The van der Waals surface area contributed by atoms with Gasteiger partial charge in [-0.05, 0) is 68.6 Å². The van der Waals surface area contributed by atoms with Crippen LogP contribution in [0.4, 0.5) is 0 Å². The molecular weight excluding hydrogens is 268 g/mol. The lowest BCUT2D eigenvalue weighted by Gasteiger charge is -2.57. The van der Waals surface area contributed by atoms with Crippen molar-refractivity contribution in [1.82, 2.24) is 4.90 Å². The minimum absolute atomic E-state index is 0.133. The molecule has 4 bridgehead atoms. The van der Waals surface area contributed by atoms with Gasteiger partial charge in [-0.3, -0.25) is 4.79 Å². The third-order valence-corrected chi connectivity index (χ3v) is 6.42. The number of amides is 1. The Morgan fingerprint density at radius 2 is 1.70 bits per heavy atom. The van der Waals surface area contributed by atoms with Gasteiger partial charge in [-0.15, -0.1) is 0 Å². The molecule has 0 saturated heterocycles. The standard InChI is InChI=1S/C16H26N2OS/c1-10(15(17)20)18(2)14(19)9-16-6-11-3-12(7-16)5-13(4-11)8-16/h10-13H,3-9H2,1-2H3,(H2,17,20). The van der Waals surface area contributed by atoms with Crippen molar-refractivity contribution in [3.05, 3.63) is 0 Å². The Labute approximate surface area is 127 Å². The molecule has 4 aliphatic rings.